The molecular formula is C15H20ClNO. The zero-order valence-electron chi connectivity index (χ0n) is 11.0. The molecule has 98 valence electrons. The number of rotatable bonds is 3. The smallest absolute Gasteiger partial charge is 0.125 e. The van der Waals surface area contributed by atoms with Crippen LogP contribution in [0.1, 0.15) is 31.4 Å². The Balaban J connectivity index is 1.81. The van der Waals surface area contributed by atoms with Gasteiger partial charge >= 0.3 is 0 Å². The number of fused-ring (bicyclic) bond motifs is 1. The maximum absolute atomic E-state index is 6.33. The van der Waals surface area contributed by atoms with Crippen molar-refractivity contribution in [1.29, 1.82) is 0 Å². The molecule has 1 aliphatic carbocycles. The molecule has 2 unspecified atom stereocenters. The van der Waals surface area contributed by atoms with Crippen molar-refractivity contribution in [2.24, 2.45) is 17.1 Å². The van der Waals surface area contributed by atoms with Crippen molar-refractivity contribution in [2.75, 3.05) is 6.61 Å². The molecule has 0 saturated heterocycles. The Morgan fingerprint density at radius 2 is 2.22 bits per heavy atom. The van der Waals surface area contributed by atoms with Crippen LogP contribution in [-0.2, 0) is 12.8 Å². The lowest BCUT2D eigenvalue weighted by molar-refractivity contribution is 0.351. The van der Waals surface area contributed by atoms with Gasteiger partial charge in [-0.05, 0) is 47.4 Å². The summed E-state index contributed by atoms with van der Waals surface area (Å²) in [5, 5.41) is 0.802. The fraction of sp³-hybridized carbons (Fsp3) is 0.600. The highest BCUT2D eigenvalue weighted by atomic mass is 35.5. The fourth-order valence-electron chi connectivity index (χ4n) is 3.13. The molecule has 1 heterocycles. The van der Waals surface area contributed by atoms with Gasteiger partial charge in [0, 0.05) is 17.5 Å². The zero-order chi connectivity index (χ0) is 12.9. The first kappa shape index (κ1) is 12.3. The highest BCUT2D eigenvalue weighted by Crippen LogP contribution is 2.53. The Bertz CT molecular complexity index is 484. The lowest BCUT2D eigenvalue weighted by atomic mass is 9.96. The first-order chi connectivity index (χ1) is 8.47. The van der Waals surface area contributed by atoms with Gasteiger partial charge in [0.1, 0.15) is 5.75 Å². The van der Waals surface area contributed by atoms with Gasteiger partial charge in [-0.2, -0.15) is 0 Å². The van der Waals surface area contributed by atoms with E-state index >= 15 is 0 Å². The van der Waals surface area contributed by atoms with Gasteiger partial charge in [-0.25, -0.2) is 0 Å². The lowest BCUT2D eigenvalue weighted by Crippen LogP contribution is -2.27. The molecule has 2 N–H and O–H groups in total. The van der Waals surface area contributed by atoms with E-state index in [0.29, 0.717) is 11.3 Å². The number of ether oxygens (including phenoxy) is 1. The molecule has 1 saturated carbocycles. The maximum atomic E-state index is 6.33. The summed E-state index contributed by atoms with van der Waals surface area (Å²) in [6.07, 6.45) is 3.07. The molecule has 0 aromatic heterocycles. The molecule has 1 aliphatic heterocycles. The Hall–Kier alpha value is -0.730. The van der Waals surface area contributed by atoms with Gasteiger partial charge < -0.3 is 10.5 Å². The summed E-state index contributed by atoms with van der Waals surface area (Å²) >= 11 is 6.17. The molecule has 3 rings (SSSR count). The van der Waals surface area contributed by atoms with E-state index in [1.165, 1.54) is 17.5 Å². The SMILES string of the molecule is CC1(C)CC1C(N)Cc1cc(Cl)cc2c1OCC2. The lowest BCUT2D eigenvalue weighted by Gasteiger charge is -2.16. The highest BCUT2D eigenvalue weighted by molar-refractivity contribution is 6.30. The topological polar surface area (TPSA) is 35.2 Å². The molecule has 2 atom stereocenters. The van der Waals surface area contributed by atoms with Crippen LogP contribution in [0.4, 0.5) is 0 Å². The van der Waals surface area contributed by atoms with E-state index in [1.807, 2.05) is 12.1 Å². The number of hydrogen-bond acceptors (Lipinski definition) is 2. The second-order valence-electron chi connectivity index (χ2n) is 6.32. The highest BCUT2D eigenvalue weighted by Gasteiger charge is 2.48. The van der Waals surface area contributed by atoms with Crippen LogP contribution in [0.3, 0.4) is 0 Å². The summed E-state index contributed by atoms with van der Waals surface area (Å²) in [7, 11) is 0. The van der Waals surface area contributed by atoms with Crippen molar-refractivity contribution in [2.45, 2.75) is 39.2 Å². The van der Waals surface area contributed by atoms with E-state index in [2.05, 4.69) is 13.8 Å². The molecule has 18 heavy (non-hydrogen) atoms. The number of nitrogens with two attached hydrogens (primary N) is 1. The van der Waals surface area contributed by atoms with Crippen LogP contribution in [0.25, 0.3) is 0 Å². The van der Waals surface area contributed by atoms with Crippen LogP contribution < -0.4 is 10.5 Å². The standard InChI is InChI=1S/C15H20ClNO/c1-15(2)8-12(15)13(17)7-10-6-11(16)5-9-3-4-18-14(9)10/h5-6,12-13H,3-4,7-8,17H2,1-2H3. The summed E-state index contributed by atoms with van der Waals surface area (Å²) in [4.78, 5) is 0. The number of halogens is 1. The summed E-state index contributed by atoms with van der Waals surface area (Å²) in [5.41, 5.74) is 9.17. The van der Waals surface area contributed by atoms with Gasteiger partial charge in [0.25, 0.3) is 0 Å². The third kappa shape index (κ3) is 2.12. The second kappa shape index (κ2) is 4.14. The third-order valence-electron chi connectivity index (χ3n) is 4.39. The molecule has 0 spiro atoms. The largest absolute Gasteiger partial charge is 0.493 e. The van der Waals surface area contributed by atoms with Gasteiger partial charge in [0.2, 0.25) is 0 Å². The molecule has 0 radical (unpaired) electrons. The van der Waals surface area contributed by atoms with Gasteiger partial charge in [-0.1, -0.05) is 25.4 Å². The molecule has 1 fully saturated rings. The van der Waals surface area contributed by atoms with Crippen molar-refractivity contribution in [3.63, 3.8) is 0 Å². The molecule has 0 amide bonds. The minimum absolute atomic E-state index is 0.215. The molecular weight excluding hydrogens is 246 g/mol. The Kier molecular flexibility index (Phi) is 2.83. The van der Waals surface area contributed by atoms with Crippen molar-refractivity contribution in [1.82, 2.24) is 0 Å². The predicted octanol–water partition coefficient (Wildman–Crippen LogP) is 3.19. The Morgan fingerprint density at radius 1 is 1.50 bits per heavy atom. The van der Waals surface area contributed by atoms with Crippen molar-refractivity contribution in [3.05, 3.63) is 28.3 Å². The van der Waals surface area contributed by atoms with E-state index in [0.717, 1.165) is 30.2 Å². The average molecular weight is 266 g/mol. The second-order valence-corrected chi connectivity index (χ2v) is 6.76. The van der Waals surface area contributed by atoms with Crippen LogP contribution in [0.2, 0.25) is 5.02 Å². The number of hydrogen-bond donors (Lipinski definition) is 1. The summed E-state index contributed by atoms with van der Waals surface area (Å²) in [5.74, 6) is 1.67. The summed E-state index contributed by atoms with van der Waals surface area (Å²) < 4.78 is 5.72. The Labute approximate surface area is 113 Å². The van der Waals surface area contributed by atoms with Crippen LogP contribution >= 0.6 is 11.6 Å². The minimum atomic E-state index is 0.215. The van der Waals surface area contributed by atoms with Gasteiger partial charge in [0.05, 0.1) is 6.61 Å². The quantitative estimate of drug-likeness (QED) is 0.911. The van der Waals surface area contributed by atoms with Gasteiger partial charge in [-0.3, -0.25) is 0 Å². The normalized spacial score (nSPS) is 25.4. The van der Waals surface area contributed by atoms with Crippen LogP contribution in [0.15, 0.2) is 12.1 Å². The van der Waals surface area contributed by atoms with E-state index in [4.69, 9.17) is 22.1 Å². The van der Waals surface area contributed by atoms with Crippen molar-refractivity contribution in [3.8, 4) is 5.75 Å². The Morgan fingerprint density at radius 3 is 2.89 bits per heavy atom. The van der Waals surface area contributed by atoms with E-state index in [1.54, 1.807) is 0 Å². The van der Waals surface area contributed by atoms with Crippen LogP contribution in [0, 0.1) is 11.3 Å². The first-order valence-corrected chi connectivity index (χ1v) is 7.05. The van der Waals surface area contributed by atoms with Gasteiger partial charge in [0.15, 0.2) is 0 Å². The molecule has 0 bridgehead atoms. The fourth-order valence-corrected chi connectivity index (χ4v) is 3.40. The van der Waals surface area contributed by atoms with Gasteiger partial charge in [-0.15, -0.1) is 0 Å². The minimum Gasteiger partial charge on any atom is -0.493 e. The van der Waals surface area contributed by atoms with Crippen molar-refractivity contribution >= 4 is 11.6 Å². The van der Waals surface area contributed by atoms with Crippen molar-refractivity contribution < 1.29 is 4.74 Å². The summed E-state index contributed by atoms with van der Waals surface area (Å²) in [6, 6.07) is 4.24. The molecule has 1 aromatic rings. The predicted molar refractivity (Wildman–Crippen MR) is 74.2 cm³/mol. The average Bonchev–Trinajstić information content (AvgIpc) is 2.73. The van der Waals surface area contributed by atoms with E-state index in [-0.39, 0.29) is 6.04 Å². The monoisotopic (exact) mass is 265 g/mol. The van der Waals surface area contributed by atoms with E-state index in [9.17, 15) is 0 Å². The first-order valence-electron chi connectivity index (χ1n) is 6.67. The zero-order valence-corrected chi connectivity index (χ0v) is 11.8. The molecule has 2 nitrogen and oxygen atoms in total. The number of benzene rings is 1. The molecule has 3 heteroatoms. The summed E-state index contributed by atoms with van der Waals surface area (Å²) in [6.45, 7) is 5.35. The molecule has 2 aliphatic rings. The molecule has 1 aromatic carbocycles. The van der Waals surface area contributed by atoms with Crippen LogP contribution in [-0.4, -0.2) is 12.6 Å². The van der Waals surface area contributed by atoms with Crippen LogP contribution in [0.5, 0.6) is 5.75 Å². The van der Waals surface area contributed by atoms with E-state index < -0.39 is 0 Å². The maximum Gasteiger partial charge on any atom is 0.125 e. The third-order valence-corrected chi connectivity index (χ3v) is 4.61.